The highest BCUT2D eigenvalue weighted by molar-refractivity contribution is 5.91. The number of methoxy groups -OCH3 is 1. The third-order valence-corrected chi connectivity index (χ3v) is 2.19. The Morgan fingerprint density at radius 2 is 2.47 bits per heavy atom. The fourth-order valence-electron chi connectivity index (χ4n) is 1.24. The quantitative estimate of drug-likeness (QED) is 0.790. The average Bonchev–Trinajstić information content (AvgIpc) is 2.98. The summed E-state index contributed by atoms with van der Waals surface area (Å²) >= 11 is 0. The molecule has 0 saturated heterocycles. The monoisotopic (exact) mass is 236 g/mol. The molecule has 17 heavy (non-hydrogen) atoms. The van der Waals surface area contributed by atoms with Crippen LogP contribution in [-0.2, 0) is 4.79 Å². The fourth-order valence-corrected chi connectivity index (χ4v) is 1.24. The fraction of sp³-hybridized carbons (Fsp3) is 0.333. The Kier molecular flexibility index (Phi) is 3.03. The molecule has 0 bridgehead atoms. The summed E-state index contributed by atoms with van der Waals surface area (Å²) in [5.41, 5.74) is 0. The molecule has 0 aromatic carbocycles. The van der Waals surface area contributed by atoms with Crippen molar-refractivity contribution < 1.29 is 9.53 Å². The number of hydrogen-bond acceptors (Lipinski definition) is 5. The lowest BCUT2D eigenvalue weighted by Gasteiger charge is -2.10. The summed E-state index contributed by atoms with van der Waals surface area (Å²) in [6, 6.07) is 1.49. The minimum atomic E-state index is -0.430. The van der Waals surface area contributed by atoms with Crippen molar-refractivity contribution in [3.8, 4) is 6.01 Å². The summed E-state index contributed by atoms with van der Waals surface area (Å²) in [6.07, 6.45) is 3.33. The maximum Gasteiger partial charge on any atom is 0.336 e. The Labute approximate surface area is 97.0 Å². The molecule has 2 rings (SSSR count). The lowest BCUT2D eigenvalue weighted by molar-refractivity contribution is -0.119. The van der Waals surface area contributed by atoms with E-state index in [2.05, 4.69) is 25.6 Å². The van der Waals surface area contributed by atoms with Gasteiger partial charge in [-0.25, -0.2) is 5.10 Å². The molecule has 0 aliphatic carbocycles. The molecule has 0 saturated carbocycles. The van der Waals surface area contributed by atoms with Crippen molar-refractivity contribution in [2.75, 3.05) is 12.4 Å². The van der Waals surface area contributed by atoms with E-state index in [0.29, 0.717) is 0 Å². The Balaban J connectivity index is 2.01. The molecule has 1 amide bonds. The van der Waals surface area contributed by atoms with Crippen LogP contribution >= 0.6 is 0 Å². The highest BCUT2D eigenvalue weighted by Gasteiger charge is 2.16. The van der Waals surface area contributed by atoms with Gasteiger partial charge in [-0.1, -0.05) is 0 Å². The van der Waals surface area contributed by atoms with Crippen LogP contribution in [0.25, 0.3) is 0 Å². The van der Waals surface area contributed by atoms with Crippen molar-refractivity contribution in [3.63, 3.8) is 0 Å². The summed E-state index contributed by atoms with van der Waals surface area (Å²) in [5.74, 6) is -0.00152. The highest BCUT2D eigenvalue weighted by Crippen LogP contribution is 2.09. The number of aromatic amines is 1. The van der Waals surface area contributed by atoms with Crippen LogP contribution in [-0.4, -0.2) is 38.0 Å². The van der Waals surface area contributed by atoms with Gasteiger partial charge >= 0.3 is 6.01 Å². The number of amides is 1. The molecule has 2 heterocycles. The number of carbonyl (C=O) groups excluding carboxylic acids is 1. The van der Waals surface area contributed by atoms with Crippen molar-refractivity contribution >= 4 is 11.9 Å². The third kappa shape index (κ3) is 2.41. The van der Waals surface area contributed by atoms with Crippen LogP contribution in [0.15, 0.2) is 18.5 Å². The van der Waals surface area contributed by atoms with Gasteiger partial charge in [0.05, 0.1) is 7.11 Å². The zero-order valence-corrected chi connectivity index (χ0v) is 9.41. The van der Waals surface area contributed by atoms with Gasteiger partial charge in [0.25, 0.3) is 5.91 Å². The lowest BCUT2D eigenvalue weighted by atomic mass is 10.3. The van der Waals surface area contributed by atoms with E-state index >= 15 is 0 Å². The van der Waals surface area contributed by atoms with Crippen molar-refractivity contribution in [1.82, 2.24) is 25.0 Å². The van der Waals surface area contributed by atoms with Gasteiger partial charge < -0.3 is 4.74 Å². The van der Waals surface area contributed by atoms with Crippen LogP contribution < -0.4 is 10.1 Å². The second-order valence-electron chi connectivity index (χ2n) is 3.32. The van der Waals surface area contributed by atoms with Crippen LogP contribution in [0, 0.1) is 0 Å². The van der Waals surface area contributed by atoms with E-state index < -0.39 is 6.04 Å². The Morgan fingerprint density at radius 3 is 3.06 bits per heavy atom. The van der Waals surface area contributed by atoms with E-state index in [1.54, 1.807) is 30.1 Å². The number of nitrogens with zero attached hydrogens (tertiary/aromatic N) is 4. The van der Waals surface area contributed by atoms with Gasteiger partial charge in [0.2, 0.25) is 5.95 Å². The van der Waals surface area contributed by atoms with Crippen LogP contribution in [0.3, 0.4) is 0 Å². The number of rotatable bonds is 4. The maximum atomic E-state index is 11.8. The molecule has 2 aromatic heterocycles. The summed E-state index contributed by atoms with van der Waals surface area (Å²) in [6.45, 7) is 1.73. The number of nitrogens with one attached hydrogen (secondary N) is 2. The van der Waals surface area contributed by atoms with E-state index in [9.17, 15) is 4.79 Å². The van der Waals surface area contributed by atoms with E-state index in [-0.39, 0.29) is 17.9 Å². The number of aromatic nitrogens is 5. The first-order chi connectivity index (χ1) is 8.20. The zero-order valence-electron chi connectivity index (χ0n) is 9.41. The molecule has 0 spiro atoms. The molecule has 8 heteroatoms. The normalized spacial score (nSPS) is 12.1. The number of ether oxygens (including phenoxy) is 1. The lowest BCUT2D eigenvalue weighted by Crippen LogP contribution is -2.24. The minimum absolute atomic E-state index is 0.173. The zero-order chi connectivity index (χ0) is 12.3. The van der Waals surface area contributed by atoms with Crippen molar-refractivity contribution in [3.05, 3.63) is 18.5 Å². The molecule has 1 unspecified atom stereocenters. The van der Waals surface area contributed by atoms with Gasteiger partial charge in [0.15, 0.2) is 0 Å². The molecule has 2 aromatic rings. The second-order valence-corrected chi connectivity index (χ2v) is 3.32. The first-order valence-corrected chi connectivity index (χ1v) is 4.97. The molecule has 0 radical (unpaired) electrons. The molecule has 0 aliphatic rings. The number of anilines is 1. The second kappa shape index (κ2) is 4.64. The molecule has 1 atom stereocenters. The maximum absolute atomic E-state index is 11.8. The summed E-state index contributed by atoms with van der Waals surface area (Å²) in [7, 11) is 1.45. The van der Waals surface area contributed by atoms with Crippen LogP contribution in [0.5, 0.6) is 6.01 Å². The highest BCUT2D eigenvalue weighted by atomic mass is 16.5. The smallest absolute Gasteiger partial charge is 0.336 e. The Hall–Kier alpha value is -2.38. The summed E-state index contributed by atoms with van der Waals surface area (Å²) in [4.78, 5) is 15.7. The minimum Gasteiger partial charge on any atom is -0.466 e. The van der Waals surface area contributed by atoms with Gasteiger partial charge in [-0.05, 0) is 13.0 Å². The third-order valence-electron chi connectivity index (χ3n) is 2.19. The Bertz CT molecular complexity index is 491. The number of hydrogen-bond donors (Lipinski definition) is 2. The number of H-pyrrole nitrogens is 1. The van der Waals surface area contributed by atoms with Gasteiger partial charge in [-0.2, -0.15) is 10.1 Å². The van der Waals surface area contributed by atoms with Crippen LogP contribution in [0.2, 0.25) is 0 Å². The topological polar surface area (TPSA) is 97.7 Å². The first-order valence-electron chi connectivity index (χ1n) is 4.97. The van der Waals surface area contributed by atoms with Gasteiger partial charge in [0.1, 0.15) is 6.04 Å². The molecule has 90 valence electrons. The van der Waals surface area contributed by atoms with E-state index in [0.717, 1.165) is 0 Å². The van der Waals surface area contributed by atoms with E-state index in [4.69, 9.17) is 4.74 Å². The SMILES string of the molecule is COc1n[nH]c(NC(=O)C(C)n2cccn2)n1. The largest absolute Gasteiger partial charge is 0.466 e. The van der Waals surface area contributed by atoms with Crippen molar-refractivity contribution in [2.24, 2.45) is 0 Å². The summed E-state index contributed by atoms with van der Waals surface area (Å²) in [5, 5.41) is 12.8. The first kappa shape index (κ1) is 11.1. The molecule has 2 N–H and O–H groups in total. The van der Waals surface area contributed by atoms with Crippen molar-refractivity contribution in [2.45, 2.75) is 13.0 Å². The van der Waals surface area contributed by atoms with Crippen molar-refractivity contribution in [1.29, 1.82) is 0 Å². The molecule has 0 aliphatic heterocycles. The molecule has 0 fully saturated rings. The summed E-state index contributed by atoms with van der Waals surface area (Å²) < 4.78 is 6.33. The van der Waals surface area contributed by atoms with E-state index in [1.165, 1.54) is 7.11 Å². The van der Waals surface area contributed by atoms with Crippen LogP contribution in [0.4, 0.5) is 5.95 Å². The average molecular weight is 236 g/mol. The number of carbonyl (C=O) groups is 1. The molecular formula is C9H12N6O2. The van der Waals surface area contributed by atoms with Gasteiger partial charge in [-0.3, -0.25) is 14.8 Å². The predicted octanol–water partition coefficient (Wildman–Crippen LogP) is 0.209. The van der Waals surface area contributed by atoms with E-state index in [1.807, 2.05) is 0 Å². The predicted molar refractivity (Wildman–Crippen MR) is 58.5 cm³/mol. The van der Waals surface area contributed by atoms with Gasteiger partial charge in [-0.15, -0.1) is 5.10 Å². The Morgan fingerprint density at radius 1 is 1.65 bits per heavy atom. The standard InChI is InChI=1S/C9H12N6O2/c1-6(15-5-3-4-10-15)7(16)11-8-12-9(17-2)14-13-8/h3-6H,1-2H3,(H2,11,12,13,14,16). The van der Waals surface area contributed by atoms with Gasteiger partial charge in [0, 0.05) is 12.4 Å². The van der Waals surface area contributed by atoms with Crippen LogP contribution in [0.1, 0.15) is 13.0 Å². The molecular weight excluding hydrogens is 224 g/mol. The molecule has 8 nitrogen and oxygen atoms in total.